The predicted octanol–water partition coefficient (Wildman–Crippen LogP) is 3.15. The molecule has 0 aliphatic carbocycles. The number of nitrogens with two attached hydrogens (primary N) is 1. The quantitative estimate of drug-likeness (QED) is 0.442. The van der Waals surface area contributed by atoms with E-state index >= 15 is 0 Å². The van der Waals surface area contributed by atoms with Crippen LogP contribution in [0.4, 0.5) is 9.93 Å². The first kappa shape index (κ1) is 22.5. The summed E-state index contributed by atoms with van der Waals surface area (Å²) in [5.41, 5.74) is 10.1. The minimum atomic E-state index is -0.705. The van der Waals surface area contributed by atoms with E-state index in [1.54, 1.807) is 24.3 Å². The molecule has 1 aromatic heterocycles. The summed E-state index contributed by atoms with van der Waals surface area (Å²) in [5.74, 6) is -0.769. The van der Waals surface area contributed by atoms with Gasteiger partial charge < -0.3 is 10.5 Å². The second kappa shape index (κ2) is 10.2. The fraction of sp³-hybridized carbons (Fsp3) is 0.200. The molecule has 31 heavy (non-hydrogen) atoms. The van der Waals surface area contributed by atoms with Gasteiger partial charge in [0.15, 0.2) is 5.13 Å². The first-order valence-electron chi connectivity index (χ1n) is 9.22. The van der Waals surface area contributed by atoms with E-state index in [4.69, 9.17) is 22.1 Å². The van der Waals surface area contributed by atoms with E-state index in [2.05, 4.69) is 15.7 Å². The maximum atomic E-state index is 12.1. The van der Waals surface area contributed by atoms with Crippen LogP contribution in [0.15, 0.2) is 42.5 Å². The molecule has 4 N–H and O–H groups in total. The van der Waals surface area contributed by atoms with E-state index in [0.717, 1.165) is 5.56 Å². The number of nitrogens with zero attached hydrogens (tertiary/aromatic N) is 2. The lowest BCUT2D eigenvalue weighted by molar-refractivity contribution is -0.132. The van der Waals surface area contributed by atoms with Crippen LogP contribution >= 0.6 is 22.9 Å². The summed E-state index contributed by atoms with van der Waals surface area (Å²) in [6.45, 7) is 1.87. The number of anilines is 1. The predicted molar refractivity (Wildman–Crippen MR) is 119 cm³/mol. The molecule has 0 atom stereocenters. The Balaban J connectivity index is 1.50. The monoisotopic (exact) mass is 461 g/mol. The number of fused-ring (bicyclic) bond motifs is 1. The molecule has 3 amide bonds. The number of aromatic nitrogens is 1. The van der Waals surface area contributed by atoms with E-state index in [-0.39, 0.29) is 19.1 Å². The SMILES string of the molecule is CC(=O)N(CCOC(=O)Nc1nc2ccc(C(N)=O)cc2s1)NCc1ccccc1Cl. The van der Waals surface area contributed by atoms with E-state index < -0.39 is 12.0 Å². The molecule has 9 nitrogen and oxygen atoms in total. The number of ether oxygens (including phenoxy) is 1. The molecule has 0 spiro atoms. The van der Waals surface area contributed by atoms with Crippen molar-refractivity contribution in [3.05, 3.63) is 58.6 Å². The molecule has 3 rings (SSSR count). The zero-order chi connectivity index (χ0) is 22.4. The van der Waals surface area contributed by atoms with Gasteiger partial charge >= 0.3 is 6.09 Å². The van der Waals surface area contributed by atoms with Gasteiger partial charge in [0.1, 0.15) is 6.61 Å². The van der Waals surface area contributed by atoms with Gasteiger partial charge in [-0.15, -0.1) is 0 Å². The van der Waals surface area contributed by atoms with Crippen LogP contribution in [0.1, 0.15) is 22.8 Å². The van der Waals surface area contributed by atoms with Crippen molar-refractivity contribution < 1.29 is 19.1 Å². The highest BCUT2D eigenvalue weighted by Gasteiger charge is 2.13. The van der Waals surface area contributed by atoms with Gasteiger partial charge in [-0.05, 0) is 29.8 Å². The van der Waals surface area contributed by atoms with Crippen molar-refractivity contribution >= 4 is 56.2 Å². The van der Waals surface area contributed by atoms with Crippen molar-refractivity contribution in [3.63, 3.8) is 0 Å². The summed E-state index contributed by atoms with van der Waals surface area (Å²) in [6, 6.07) is 12.1. The maximum Gasteiger partial charge on any atom is 0.413 e. The number of rotatable bonds is 8. The van der Waals surface area contributed by atoms with Crippen LogP contribution in [0.2, 0.25) is 5.02 Å². The molecule has 2 aromatic carbocycles. The number of carbonyl (C=O) groups is 3. The highest BCUT2D eigenvalue weighted by Crippen LogP contribution is 2.26. The molecular weight excluding hydrogens is 442 g/mol. The Morgan fingerprint density at radius 3 is 2.71 bits per heavy atom. The van der Waals surface area contributed by atoms with E-state index in [1.807, 2.05) is 18.2 Å². The first-order chi connectivity index (χ1) is 14.8. The van der Waals surface area contributed by atoms with Gasteiger partial charge in [0.05, 0.1) is 16.8 Å². The zero-order valence-corrected chi connectivity index (χ0v) is 18.1. The molecule has 0 bridgehead atoms. The van der Waals surface area contributed by atoms with Crippen molar-refractivity contribution in [1.29, 1.82) is 0 Å². The van der Waals surface area contributed by atoms with E-state index in [0.29, 0.717) is 32.5 Å². The van der Waals surface area contributed by atoms with Crippen LogP contribution in [0, 0.1) is 0 Å². The highest BCUT2D eigenvalue weighted by molar-refractivity contribution is 7.22. The molecule has 0 saturated heterocycles. The summed E-state index contributed by atoms with van der Waals surface area (Å²) in [4.78, 5) is 39.4. The average Bonchev–Trinajstić information content (AvgIpc) is 3.12. The van der Waals surface area contributed by atoms with Crippen molar-refractivity contribution in [3.8, 4) is 0 Å². The Labute approximate surface area is 187 Å². The number of primary amides is 1. The molecule has 0 aliphatic rings. The minimum absolute atomic E-state index is 0.0301. The Kier molecular flexibility index (Phi) is 7.40. The van der Waals surface area contributed by atoms with Gasteiger partial charge in [-0.1, -0.05) is 41.1 Å². The average molecular weight is 462 g/mol. The number of thiazole rings is 1. The third-order valence-corrected chi connectivity index (χ3v) is 5.53. The molecule has 0 fully saturated rings. The normalized spacial score (nSPS) is 10.6. The molecule has 0 radical (unpaired) electrons. The largest absolute Gasteiger partial charge is 0.447 e. The number of hydrazine groups is 1. The number of hydrogen-bond donors (Lipinski definition) is 3. The molecule has 162 valence electrons. The Morgan fingerprint density at radius 2 is 2.00 bits per heavy atom. The fourth-order valence-corrected chi connectivity index (χ4v) is 3.75. The molecule has 11 heteroatoms. The number of carbonyl (C=O) groups excluding carboxylic acids is 3. The Hall–Kier alpha value is -3.21. The number of nitrogens with one attached hydrogen (secondary N) is 2. The lowest BCUT2D eigenvalue weighted by Gasteiger charge is -2.22. The van der Waals surface area contributed by atoms with Gasteiger partial charge in [-0.3, -0.25) is 19.9 Å². The topological polar surface area (TPSA) is 127 Å². The summed E-state index contributed by atoms with van der Waals surface area (Å²) in [7, 11) is 0. The van der Waals surface area contributed by atoms with Crippen molar-refractivity contribution in [2.45, 2.75) is 13.5 Å². The lowest BCUT2D eigenvalue weighted by atomic mass is 10.2. The highest BCUT2D eigenvalue weighted by atomic mass is 35.5. The van der Waals surface area contributed by atoms with Crippen LogP contribution in [0.3, 0.4) is 0 Å². The van der Waals surface area contributed by atoms with Crippen molar-refractivity contribution in [2.75, 3.05) is 18.5 Å². The van der Waals surface area contributed by atoms with Crippen molar-refractivity contribution in [1.82, 2.24) is 15.4 Å². The van der Waals surface area contributed by atoms with Crippen LogP contribution in [-0.4, -0.2) is 41.1 Å². The third kappa shape index (κ3) is 6.14. The molecule has 0 unspecified atom stereocenters. The van der Waals surface area contributed by atoms with Crippen molar-refractivity contribution in [2.24, 2.45) is 5.73 Å². The zero-order valence-electron chi connectivity index (χ0n) is 16.6. The molecule has 1 heterocycles. The summed E-state index contributed by atoms with van der Waals surface area (Å²) in [5, 5.41) is 4.80. The summed E-state index contributed by atoms with van der Waals surface area (Å²) in [6.07, 6.45) is -0.705. The Morgan fingerprint density at radius 1 is 1.23 bits per heavy atom. The molecular formula is C20H20ClN5O4S. The lowest BCUT2D eigenvalue weighted by Crippen LogP contribution is -2.43. The smallest absolute Gasteiger partial charge is 0.413 e. The summed E-state index contributed by atoms with van der Waals surface area (Å²) >= 11 is 7.30. The number of hydrogen-bond acceptors (Lipinski definition) is 7. The molecule has 0 aliphatic heterocycles. The number of benzene rings is 2. The van der Waals surface area contributed by atoms with Crippen LogP contribution in [-0.2, 0) is 16.1 Å². The summed E-state index contributed by atoms with van der Waals surface area (Å²) < 4.78 is 5.85. The van der Waals surface area contributed by atoms with Gasteiger partial charge in [0.25, 0.3) is 0 Å². The molecule has 0 saturated carbocycles. The number of amides is 3. The molecule has 3 aromatic rings. The minimum Gasteiger partial charge on any atom is -0.447 e. The second-order valence-corrected chi connectivity index (χ2v) is 7.86. The second-order valence-electron chi connectivity index (χ2n) is 6.42. The first-order valence-corrected chi connectivity index (χ1v) is 10.4. The van der Waals surface area contributed by atoms with Crippen LogP contribution in [0.25, 0.3) is 10.2 Å². The standard InChI is InChI=1S/C20H20ClN5O4S/c1-12(27)26(23-11-14-4-2-3-5-15(14)21)8-9-30-20(29)25-19-24-16-7-6-13(18(22)28)10-17(16)31-19/h2-7,10,23H,8-9,11H2,1H3,(H2,22,28)(H,24,25,29). The van der Waals surface area contributed by atoms with Gasteiger partial charge in [0.2, 0.25) is 11.8 Å². The van der Waals surface area contributed by atoms with Gasteiger partial charge in [-0.2, -0.15) is 0 Å². The Bertz CT molecular complexity index is 1120. The van der Waals surface area contributed by atoms with Crippen LogP contribution < -0.4 is 16.5 Å². The van der Waals surface area contributed by atoms with Crippen LogP contribution in [0.5, 0.6) is 0 Å². The fourth-order valence-electron chi connectivity index (χ4n) is 2.65. The third-order valence-electron chi connectivity index (χ3n) is 4.23. The van der Waals surface area contributed by atoms with Gasteiger partial charge in [-0.25, -0.2) is 15.2 Å². The van der Waals surface area contributed by atoms with Gasteiger partial charge in [0, 0.05) is 24.1 Å². The number of halogens is 1. The van der Waals surface area contributed by atoms with E-state index in [9.17, 15) is 14.4 Å². The van der Waals surface area contributed by atoms with E-state index in [1.165, 1.54) is 23.3 Å². The maximum absolute atomic E-state index is 12.1.